The fourth-order valence-corrected chi connectivity index (χ4v) is 2.73. The number of hydrogen-bond donors (Lipinski definition) is 1. The van der Waals surface area contributed by atoms with Gasteiger partial charge in [0.1, 0.15) is 11.5 Å². The first-order chi connectivity index (χ1) is 15.5. The topological polar surface area (TPSA) is 95.5 Å². The second-order valence-corrected chi connectivity index (χ2v) is 6.46. The number of carbonyl (C=O) groups is 2. The Morgan fingerprint density at radius 2 is 1.53 bits per heavy atom. The Labute approximate surface area is 185 Å². The van der Waals surface area contributed by atoms with E-state index in [1.807, 2.05) is 0 Å². The summed E-state index contributed by atoms with van der Waals surface area (Å²) in [6.07, 6.45) is 1.45. The summed E-state index contributed by atoms with van der Waals surface area (Å²) >= 11 is 0. The van der Waals surface area contributed by atoms with Crippen molar-refractivity contribution in [1.82, 2.24) is 5.43 Å². The Morgan fingerprint density at radius 1 is 0.781 bits per heavy atom. The fraction of sp³-hybridized carbons (Fsp3) is 0.125. The van der Waals surface area contributed by atoms with Gasteiger partial charge >= 0.3 is 5.97 Å². The molecule has 3 aromatic rings. The Bertz CT molecular complexity index is 1130. The second-order valence-electron chi connectivity index (χ2n) is 6.46. The number of amides is 1. The number of esters is 1. The maximum Gasteiger partial charge on any atom is 0.343 e. The minimum atomic E-state index is -0.530. The van der Waals surface area contributed by atoms with Crippen LogP contribution in [0.2, 0.25) is 0 Å². The fourth-order valence-electron chi connectivity index (χ4n) is 2.73. The summed E-state index contributed by atoms with van der Waals surface area (Å²) in [6, 6.07) is 18.2. The molecule has 0 bridgehead atoms. The molecule has 3 aromatic carbocycles. The molecule has 0 aliphatic rings. The van der Waals surface area contributed by atoms with Crippen LogP contribution in [0, 0.1) is 0 Å². The van der Waals surface area contributed by atoms with Crippen molar-refractivity contribution in [2.24, 2.45) is 5.10 Å². The highest BCUT2D eigenvalue weighted by Gasteiger charge is 2.13. The summed E-state index contributed by atoms with van der Waals surface area (Å²) in [5, 5.41) is 3.96. The van der Waals surface area contributed by atoms with Crippen LogP contribution in [0.3, 0.4) is 0 Å². The molecule has 0 aliphatic heterocycles. The molecule has 32 heavy (non-hydrogen) atoms. The summed E-state index contributed by atoms with van der Waals surface area (Å²) in [4.78, 5) is 24.6. The largest absolute Gasteiger partial charge is 0.497 e. The SMILES string of the molecule is COc1ccc(C(=O)Oc2ccc(/C=N\NC(=O)c3cccc(OC)c3)cc2OC)cc1. The Hall–Kier alpha value is -4.33. The van der Waals surface area contributed by atoms with Gasteiger partial charge in [0.15, 0.2) is 11.5 Å². The van der Waals surface area contributed by atoms with Crippen LogP contribution in [-0.4, -0.2) is 39.4 Å². The van der Waals surface area contributed by atoms with Crippen molar-refractivity contribution in [3.8, 4) is 23.0 Å². The van der Waals surface area contributed by atoms with Crippen LogP contribution in [0.4, 0.5) is 0 Å². The smallest absolute Gasteiger partial charge is 0.343 e. The third-order valence-electron chi connectivity index (χ3n) is 4.43. The molecule has 0 aromatic heterocycles. The highest BCUT2D eigenvalue weighted by atomic mass is 16.6. The summed E-state index contributed by atoms with van der Waals surface area (Å²) in [7, 11) is 4.54. The first-order valence-corrected chi connectivity index (χ1v) is 9.55. The number of carbonyl (C=O) groups excluding carboxylic acids is 2. The van der Waals surface area contributed by atoms with Crippen LogP contribution < -0.4 is 24.4 Å². The predicted octanol–water partition coefficient (Wildman–Crippen LogP) is 3.70. The molecule has 0 spiro atoms. The third kappa shape index (κ3) is 5.63. The molecule has 0 aliphatic carbocycles. The lowest BCUT2D eigenvalue weighted by molar-refractivity contribution is 0.0729. The van der Waals surface area contributed by atoms with Gasteiger partial charge in [-0.15, -0.1) is 0 Å². The van der Waals surface area contributed by atoms with Crippen LogP contribution in [0.25, 0.3) is 0 Å². The van der Waals surface area contributed by atoms with Crippen LogP contribution in [0.15, 0.2) is 71.8 Å². The minimum Gasteiger partial charge on any atom is -0.497 e. The van der Waals surface area contributed by atoms with E-state index in [-0.39, 0.29) is 11.7 Å². The molecule has 8 heteroatoms. The highest BCUT2D eigenvalue weighted by molar-refractivity contribution is 5.95. The zero-order chi connectivity index (χ0) is 22.9. The van der Waals surface area contributed by atoms with E-state index in [1.54, 1.807) is 73.8 Å². The number of nitrogens with one attached hydrogen (secondary N) is 1. The molecular weight excluding hydrogens is 412 g/mol. The number of nitrogens with zero attached hydrogens (tertiary/aromatic N) is 1. The van der Waals surface area contributed by atoms with E-state index in [4.69, 9.17) is 18.9 Å². The lowest BCUT2D eigenvalue weighted by Gasteiger charge is -2.10. The van der Waals surface area contributed by atoms with Gasteiger partial charge in [-0.1, -0.05) is 6.07 Å². The maximum atomic E-state index is 12.4. The summed E-state index contributed by atoms with van der Waals surface area (Å²) in [5.41, 5.74) is 3.88. The van der Waals surface area contributed by atoms with E-state index in [0.717, 1.165) is 0 Å². The van der Waals surface area contributed by atoms with Gasteiger partial charge in [-0.2, -0.15) is 5.10 Å². The molecule has 0 atom stereocenters. The molecule has 3 rings (SSSR count). The van der Waals surface area contributed by atoms with E-state index in [1.165, 1.54) is 20.4 Å². The Balaban J connectivity index is 1.66. The average Bonchev–Trinajstić information content (AvgIpc) is 2.84. The molecule has 0 saturated carbocycles. The van der Waals surface area contributed by atoms with Crippen LogP contribution in [0.5, 0.6) is 23.0 Å². The van der Waals surface area contributed by atoms with Gasteiger partial charge in [0.2, 0.25) is 0 Å². The van der Waals surface area contributed by atoms with E-state index >= 15 is 0 Å². The minimum absolute atomic E-state index is 0.255. The van der Waals surface area contributed by atoms with Gasteiger partial charge in [0.05, 0.1) is 33.1 Å². The molecule has 0 saturated heterocycles. The Morgan fingerprint density at radius 3 is 2.22 bits per heavy atom. The zero-order valence-electron chi connectivity index (χ0n) is 17.8. The van der Waals surface area contributed by atoms with Crippen molar-refractivity contribution in [3.05, 3.63) is 83.4 Å². The predicted molar refractivity (Wildman–Crippen MR) is 119 cm³/mol. The number of benzene rings is 3. The van der Waals surface area contributed by atoms with Crippen LogP contribution in [0.1, 0.15) is 26.3 Å². The van der Waals surface area contributed by atoms with Crippen molar-refractivity contribution >= 4 is 18.1 Å². The third-order valence-corrected chi connectivity index (χ3v) is 4.43. The van der Waals surface area contributed by atoms with Crippen LogP contribution >= 0.6 is 0 Å². The van der Waals surface area contributed by atoms with Gasteiger partial charge in [-0.3, -0.25) is 4.79 Å². The summed E-state index contributed by atoms with van der Waals surface area (Å²) < 4.78 is 21.0. The molecule has 1 N–H and O–H groups in total. The number of rotatable bonds is 8. The van der Waals surface area contributed by atoms with Gasteiger partial charge in [0, 0.05) is 5.56 Å². The first-order valence-electron chi connectivity index (χ1n) is 9.55. The van der Waals surface area contributed by atoms with Crippen molar-refractivity contribution < 1.29 is 28.5 Å². The van der Waals surface area contributed by atoms with Gasteiger partial charge in [0.25, 0.3) is 5.91 Å². The van der Waals surface area contributed by atoms with E-state index in [0.29, 0.717) is 33.9 Å². The highest BCUT2D eigenvalue weighted by Crippen LogP contribution is 2.28. The van der Waals surface area contributed by atoms with Crippen molar-refractivity contribution in [2.75, 3.05) is 21.3 Å². The first kappa shape index (κ1) is 22.4. The molecule has 0 unspecified atom stereocenters. The standard InChI is InChI=1S/C24H22N2O6/c1-29-19-10-8-17(9-11-19)24(28)32-21-12-7-16(13-22(21)31-3)15-25-26-23(27)18-5-4-6-20(14-18)30-2/h4-15H,1-3H3,(H,26,27)/b25-15-. The molecule has 8 nitrogen and oxygen atoms in total. The number of methoxy groups -OCH3 is 3. The van der Waals surface area contributed by atoms with Crippen molar-refractivity contribution in [2.45, 2.75) is 0 Å². The van der Waals surface area contributed by atoms with Crippen molar-refractivity contribution in [1.29, 1.82) is 0 Å². The molecule has 0 radical (unpaired) electrons. The number of ether oxygens (including phenoxy) is 4. The van der Waals surface area contributed by atoms with E-state index in [2.05, 4.69) is 10.5 Å². The van der Waals surface area contributed by atoms with Gasteiger partial charge < -0.3 is 18.9 Å². The molecule has 1 amide bonds. The zero-order valence-corrected chi connectivity index (χ0v) is 17.8. The normalized spacial score (nSPS) is 10.5. The maximum absolute atomic E-state index is 12.4. The van der Waals surface area contributed by atoms with E-state index < -0.39 is 5.97 Å². The van der Waals surface area contributed by atoms with E-state index in [9.17, 15) is 9.59 Å². The molecule has 0 heterocycles. The van der Waals surface area contributed by atoms with Gasteiger partial charge in [-0.25, -0.2) is 10.2 Å². The lowest BCUT2D eigenvalue weighted by Crippen LogP contribution is -2.17. The average molecular weight is 434 g/mol. The second kappa shape index (κ2) is 10.6. The van der Waals surface area contributed by atoms with Crippen LogP contribution in [-0.2, 0) is 0 Å². The quantitative estimate of drug-likeness (QED) is 0.251. The molecule has 0 fully saturated rings. The van der Waals surface area contributed by atoms with Gasteiger partial charge in [-0.05, 0) is 66.2 Å². The van der Waals surface area contributed by atoms with Crippen molar-refractivity contribution in [3.63, 3.8) is 0 Å². The molecule has 164 valence electrons. The summed E-state index contributed by atoms with van der Waals surface area (Å²) in [6.45, 7) is 0. The number of hydrazone groups is 1. The summed E-state index contributed by atoms with van der Waals surface area (Å²) in [5.74, 6) is 0.906. The monoisotopic (exact) mass is 434 g/mol. The Kier molecular flexibility index (Phi) is 7.42. The lowest BCUT2D eigenvalue weighted by atomic mass is 10.2. The molecular formula is C24H22N2O6. The number of hydrogen-bond acceptors (Lipinski definition) is 7.